The average molecular weight is 313 g/mol. The summed E-state index contributed by atoms with van der Waals surface area (Å²) in [4.78, 5) is 11.9. The maximum absolute atomic E-state index is 13.0. The van der Waals surface area contributed by atoms with Gasteiger partial charge in [-0.25, -0.2) is 4.39 Å². The van der Waals surface area contributed by atoms with E-state index >= 15 is 0 Å². The van der Waals surface area contributed by atoms with Crippen LogP contribution >= 0.6 is 15.9 Å². The van der Waals surface area contributed by atoms with Crippen molar-refractivity contribution in [2.24, 2.45) is 11.8 Å². The number of halogens is 2. The van der Waals surface area contributed by atoms with Gasteiger partial charge >= 0.3 is 0 Å². The van der Waals surface area contributed by atoms with Crippen molar-refractivity contribution in [1.29, 1.82) is 0 Å². The van der Waals surface area contributed by atoms with Gasteiger partial charge in [-0.1, -0.05) is 35.3 Å². The Morgan fingerprint density at radius 2 is 2.22 bits per heavy atom. The molecule has 3 heteroatoms. The van der Waals surface area contributed by atoms with Gasteiger partial charge in [0.25, 0.3) is 0 Å². The van der Waals surface area contributed by atoms with Gasteiger partial charge in [-0.2, -0.15) is 0 Å². The van der Waals surface area contributed by atoms with Crippen molar-refractivity contribution in [2.75, 3.05) is 0 Å². The highest BCUT2D eigenvalue weighted by atomic mass is 79.9. The van der Waals surface area contributed by atoms with Gasteiger partial charge in [0.05, 0.1) is 0 Å². The van der Waals surface area contributed by atoms with Gasteiger partial charge in [0.15, 0.2) is 0 Å². The minimum Gasteiger partial charge on any atom is -0.299 e. The number of rotatable bonds is 3. The fourth-order valence-corrected chi connectivity index (χ4v) is 3.24. The van der Waals surface area contributed by atoms with E-state index in [4.69, 9.17) is 0 Å². The molecule has 1 saturated carbocycles. The van der Waals surface area contributed by atoms with E-state index in [-0.39, 0.29) is 11.7 Å². The van der Waals surface area contributed by atoms with Gasteiger partial charge in [-0.15, -0.1) is 0 Å². The monoisotopic (exact) mass is 312 g/mol. The Hall–Kier alpha value is -0.700. The van der Waals surface area contributed by atoms with Gasteiger partial charge in [-0.3, -0.25) is 4.79 Å². The van der Waals surface area contributed by atoms with Crippen molar-refractivity contribution in [2.45, 2.75) is 39.0 Å². The zero-order valence-electron chi connectivity index (χ0n) is 10.6. The lowest BCUT2D eigenvalue weighted by atomic mass is 9.77. The first-order valence-electron chi connectivity index (χ1n) is 6.56. The molecule has 1 aliphatic carbocycles. The van der Waals surface area contributed by atoms with Crippen LogP contribution in [0, 0.1) is 17.7 Å². The summed E-state index contributed by atoms with van der Waals surface area (Å²) in [5.41, 5.74) is 1.03. The molecular formula is C15H18BrFO. The molecule has 0 aromatic heterocycles. The molecule has 0 saturated heterocycles. The first-order valence-corrected chi connectivity index (χ1v) is 7.36. The van der Waals surface area contributed by atoms with Gasteiger partial charge in [0.1, 0.15) is 11.6 Å². The Bertz CT molecular complexity index is 444. The lowest BCUT2D eigenvalue weighted by Gasteiger charge is -2.27. The van der Waals surface area contributed by atoms with Crippen LogP contribution in [0.3, 0.4) is 0 Å². The number of hydrogen-bond donors (Lipinski definition) is 0. The van der Waals surface area contributed by atoms with Crippen LogP contribution in [0.2, 0.25) is 0 Å². The van der Waals surface area contributed by atoms with Crippen molar-refractivity contribution >= 4 is 21.7 Å². The molecule has 1 nitrogen and oxygen atoms in total. The molecule has 2 unspecified atom stereocenters. The van der Waals surface area contributed by atoms with E-state index in [9.17, 15) is 9.18 Å². The summed E-state index contributed by atoms with van der Waals surface area (Å²) in [5.74, 6) is 0.917. The van der Waals surface area contributed by atoms with Crippen molar-refractivity contribution in [3.05, 3.63) is 34.1 Å². The van der Waals surface area contributed by atoms with Gasteiger partial charge in [0.2, 0.25) is 0 Å². The van der Waals surface area contributed by atoms with Crippen molar-refractivity contribution in [3.8, 4) is 0 Å². The third-order valence-electron chi connectivity index (χ3n) is 3.93. The van der Waals surface area contributed by atoms with Crippen LogP contribution < -0.4 is 0 Å². The number of ketones is 1. The predicted octanol–water partition coefficient (Wildman–Crippen LogP) is 4.53. The Kier molecular flexibility index (Phi) is 4.55. The minimum atomic E-state index is -0.243. The van der Waals surface area contributed by atoms with Crippen molar-refractivity contribution in [3.63, 3.8) is 0 Å². The molecule has 98 valence electrons. The number of hydrogen-bond acceptors (Lipinski definition) is 1. The van der Waals surface area contributed by atoms with E-state index in [2.05, 4.69) is 22.9 Å². The van der Waals surface area contributed by atoms with E-state index in [0.29, 0.717) is 18.1 Å². The fourth-order valence-electron chi connectivity index (χ4n) is 2.72. The summed E-state index contributed by atoms with van der Waals surface area (Å²) in [6.07, 6.45) is 4.61. The Morgan fingerprint density at radius 1 is 1.44 bits per heavy atom. The van der Waals surface area contributed by atoms with Crippen molar-refractivity contribution in [1.82, 2.24) is 0 Å². The van der Waals surface area contributed by atoms with Gasteiger partial charge < -0.3 is 0 Å². The van der Waals surface area contributed by atoms with Crippen LogP contribution in [0.4, 0.5) is 4.39 Å². The highest BCUT2D eigenvalue weighted by molar-refractivity contribution is 9.10. The van der Waals surface area contributed by atoms with Crippen LogP contribution in [-0.2, 0) is 11.2 Å². The minimum absolute atomic E-state index is 0.116. The third-order valence-corrected chi connectivity index (χ3v) is 4.67. The van der Waals surface area contributed by atoms with E-state index in [1.165, 1.54) is 12.1 Å². The Balaban J connectivity index is 2.09. The molecule has 18 heavy (non-hydrogen) atoms. The molecule has 1 aliphatic rings. The number of Topliss-reactive ketones (excluding diaryl/α,β-unsaturated/α-hetero) is 1. The maximum Gasteiger partial charge on any atom is 0.136 e. The Morgan fingerprint density at radius 3 is 2.89 bits per heavy atom. The average Bonchev–Trinajstić information content (AvgIpc) is 2.35. The van der Waals surface area contributed by atoms with Crippen LogP contribution in [0.5, 0.6) is 0 Å². The fraction of sp³-hybridized carbons (Fsp3) is 0.533. The molecule has 0 amide bonds. The third kappa shape index (κ3) is 3.19. The zero-order chi connectivity index (χ0) is 13.1. The molecule has 0 N–H and O–H groups in total. The van der Waals surface area contributed by atoms with Crippen LogP contribution in [0.25, 0.3) is 0 Å². The first kappa shape index (κ1) is 13.7. The summed E-state index contributed by atoms with van der Waals surface area (Å²) >= 11 is 3.37. The predicted molar refractivity (Wildman–Crippen MR) is 73.9 cm³/mol. The normalized spacial score (nSPS) is 24.3. The lowest BCUT2D eigenvalue weighted by Crippen LogP contribution is -2.26. The number of carbonyl (C=O) groups excluding carboxylic acids is 1. The van der Waals surface area contributed by atoms with Crippen LogP contribution in [0.15, 0.2) is 22.7 Å². The second-order valence-electron chi connectivity index (χ2n) is 5.15. The Labute approximate surface area is 116 Å². The molecule has 0 aliphatic heterocycles. The molecule has 1 fully saturated rings. The largest absolute Gasteiger partial charge is 0.299 e. The molecule has 1 aromatic rings. The first-order chi connectivity index (χ1) is 8.60. The second-order valence-corrected chi connectivity index (χ2v) is 6.01. The summed E-state index contributed by atoms with van der Waals surface area (Å²) in [7, 11) is 0. The topological polar surface area (TPSA) is 17.1 Å². The molecule has 2 rings (SSSR count). The zero-order valence-corrected chi connectivity index (χ0v) is 12.2. The maximum atomic E-state index is 13.0. The molecule has 0 spiro atoms. The SMILES string of the molecule is CCC1CCC(=O)C(Cc2ccc(F)cc2Br)C1. The highest BCUT2D eigenvalue weighted by Crippen LogP contribution is 2.32. The summed E-state index contributed by atoms with van der Waals surface area (Å²) in [6.45, 7) is 2.19. The molecule has 2 atom stereocenters. The van der Waals surface area contributed by atoms with E-state index < -0.39 is 0 Å². The molecule has 1 aromatic carbocycles. The van der Waals surface area contributed by atoms with Gasteiger partial charge in [0, 0.05) is 16.8 Å². The molecule has 0 heterocycles. The smallest absolute Gasteiger partial charge is 0.136 e. The molecular weight excluding hydrogens is 295 g/mol. The van der Waals surface area contributed by atoms with Gasteiger partial charge in [-0.05, 0) is 42.9 Å². The highest BCUT2D eigenvalue weighted by Gasteiger charge is 2.28. The standard InChI is InChI=1S/C15H18BrFO/c1-2-10-3-6-15(18)12(7-10)8-11-4-5-13(17)9-14(11)16/h4-5,9-10,12H,2-3,6-8H2,1H3. The summed E-state index contributed by atoms with van der Waals surface area (Å²) in [5, 5.41) is 0. The quantitative estimate of drug-likeness (QED) is 0.801. The number of carbonyl (C=O) groups is 1. The van der Waals surface area contributed by atoms with E-state index in [1.807, 2.05) is 0 Å². The summed E-state index contributed by atoms with van der Waals surface area (Å²) in [6, 6.07) is 4.72. The number of benzene rings is 1. The summed E-state index contributed by atoms with van der Waals surface area (Å²) < 4.78 is 13.8. The van der Waals surface area contributed by atoms with Crippen LogP contribution in [-0.4, -0.2) is 5.78 Å². The lowest BCUT2D eigenvalue weighted by molar-refractivity contribution is -0.125. The molecule has 0 bridgehead atoms. The van der Waals surface area contributed by atoms with E-state index in [0.717, 1.165) is 35.7 Å². The van der Waals surface area contributed by atoms with Crippen LogP contribution in [0.1, 0.15) is 38.2 Å². The molecule has 0 radical (unpaired) electrons. The second kappa shape index (κ2) is 5.96. The van der Waals surface area contributed by atoms with E-state index in [1.54, 1.807) is 6.07 Å². The van der Waals surface area contributed by atoms with Crippen molar-refractivity contribution < 1.29 is 9.18 Å².